The van der Waals surface area contributed by atoms with Crippen molar-refractivity contribution in [1.82, 2.24) is 10.7 Å². The number of carbonyl (C=O) groups excluding carboxylic acids is 3. The van der Waals surface area contributed by atoms with Crippen LogP contribution in [-0.2, 0) is 4.79 Å². The van der Waals surface area contributed by atoms with Gasteiger partial charge in [0.05, 0.1) is 39.1 Å². The molecule has 0 heterocycles. The molecule has 2 amide bonds. The molecule has 0 unspecified atom stereocenters. The van der Waals surface area contributed by atoms with Crippen LogP contribution in [0.15, 0.2) is 71.8 Å². The van der Waals surface area contributed by atoms with Gasteiger partial charge < -0.3 is 24.3 Å². The summed E-state index contributed by atoms with van der Waals surface area (Å²) in [4.78, 5) is 36.6. The van der Waals surface area contributed by atoms with Crippen LogP contribution in [0.25, 0.3) is 0 Å². The van der Waals surface area contributed by atoms with E-state index >= 15 is 0 Å². The van der Waals surface area contributed by atoms with Gasteiger partial charge in [0.1, 0.15) is 11.5 Å². The molecule has 3 aromatic carbocycles. The van der Waals surface area contributed by atoms with E-state index in [1.54, 1.807) is 66.7 Å². The van der Waals surface area contributed by atoms with Crippen molar-refractivity contribution in [2.75, 3.05) is 27.4 Å². The minimum absolute atomic E-state index is 0.226. The van der Waals surface area contributed by atoms with Gasteiger partial charge in [0, 0.05) is 5.56 Å². The maximum absolute atomic E-state index is 12.5. The Morgan fingerprint density at radius 3 is 2.16 bits per heavy atom. The first kappa shape index (κ1) is 26.7. The Kier molecular flexibility index (Phi) is 9.60. The summed E-state index contributed by atoms with van der Waals surface area (Å²) in [6.45, 7) is 2.15. The zero-order chi connectivity index (χ0) is 26.6. The third-order valence-electron chi connectivity index (χ3n) is 4.96. The van der Waals surface area contributed by atoms with Gasteiger partial charge in [-0.3, -0.25) is 9.59 Å². The fraction of sp³-hybridized carbons (Fsp3) is 0.185. The lowest BCUT2D eigenvalue weighted by Gasteiger charge is -2.10. The average molecular weight is 506 g/mol. The molecular weight excluding hydrogens is 478 g/mol. The third kappa shape index (κ3) is 7.82. The molecule has 0 radical (unpaired) electrons. The lowest BCUT2D eigenvalue weighted by Crippen LogP contribution is -2.34. The van der Waals surface area contributed by atoms with Gasteiger partial charge in [-0.05, 0) is 79.2 Å². The van der Waals surface area contributed by atoms with E-state index in [0.29, 0.717) is 40.5 Å². The van der Waals surface area contributed by atoms with Crippen LogP contribution in [0.2, 0.25) is 0 Å². The molecule has 3 aromatic rings. The summed E-state index contributed by atoms with van der Waals surface area (Å²) >= 11 is 0. The van der Waals surface area contributed by atoms with E-state index < -0.39 is 17.8 Å². The number of methoxy groups -OCH3 is 2. The van der Waals surface area contributed by atoms with Crippen LogP contribution in [0, 0.1) is 0 Å². The Hall–Kier alpha value is -4.86. The molecule has 0 saturated heterocycles. The van der Waals surface area contributed by atoms with E-state index in [9.17, 15) is 14.4 Å². The van der Waals surface area contributed by atoms with Crippen molar-refractivity contribution in [3.8, 4) is 23.0 Å². The number of rotatable bonds is 11. The number of hydrogen-bond donors (Lipinski definition) is 2. The first-order valence-electron chi connectivity index (χ1n) is 11.3. The van der Waals surface area contributed by atoms with Gasteiger partial charge >= 0.3 is 5.97 Å². The SMILES string of the molecule is CCOc1ccc(C(=O)Oc2ccc(C=NNC(=O)CNC(=O)c3ccc(OC)cc3)cc2OC)cc1. The van der Waals surface area contributed by atoms with E-state index in [-0.39, 0.29) is 12.3 Å². The highest BCUT2D eigenvalue weighted by atomic mass is 16.6. The molecule has 0 spiro atoms. The molecule has 0 bridgehead atoms. The fourth-order valence-electron chi connectivity index (χ4n) is 3.08. The summed E-state index contributed by atoms with van der Waals surface area (Å²) in [7, 11) is 2.97. The molecular formula is C27H27N3O7. The summed E-state index contributed by atoms with van der Waals surface area (Å²) in [6, 6.07) is 17.9. The van der Waals surface area contributed by atoms with E-state index in [1.807, 2.05) is 6.92 Å². The summed E-state index contributed by atoms with van der Waals surface area (Å²) in [5.41, 5.74) is 3.67. The number of esters is 1. The third-order valence-corrected chi connectivity index (χ3v) is 4.96. The van der Waals surface area contributed by atoms with Crippen LogP contribution in [0.5, 0.6) is 23.0 Å². The largest absolute Gasteiger partial charge is 0.497 e. The number of amides is 2. The van der Waals surface area contributed by atoms with Crippen molar-refractivity contribution >= 4 is 24.0 Å². The summed E-state index contributed by atoms with van der Waals surface area (Å²) < 4.78 is 21.2. The lowest BCUT2D eigenvalue weighted by molar-refractivity contribution is -0.120. The predicted molar refractivity (Wildman–Crippen MR) is 137 cm³/mol. The summed E-state index contributed by atoms with van der Waals surface area (Å²) in [5.74, 6) is 0.357. The highest BCUT2D eigenvalue weighted by Gasteiger charge is 2.13. The number of carbonyl (C=O) groups is 3. The number of hydrazone groups is 1. The van der Waals surface area contributed by atoms with Crippen molar-refractivity contribution < 1.29 is 33.3 Å². The van der Waals surface area contributed by atoms with E-state index in [0.717, 1.165) is 0 Å². The van der Waals surface area contributed by atoms with Gasteiger partial charge in [-0.2, -0.15) is 5.10 Å². The number of nitrogens with one attached hydrogen (secondary N) is 2. The smallest absolute Gasteiger partial charge is 0.343 e. The lowest BCUT2D eigenvalue weighted by atomic mass is 10.2. The normalized spacial score (nSPS) is 10.5. The molecule has 10 nitrogen and oxygen atoms in total. The van der Waals surface area contributed by atoms with Crippen molar-refractivity contribution in [1.29, 1.82) is 0 Å². The number of benzene rings is 3. The standard InChI is InChI=1S/C27H27N3O7/c1-4-36-22-12-8-20(9-13-22)27(33)37-23-14-5-18(15-24(23)35-3)16-29-30-25(31)17-28-26(32)19-6-10-21(34-2)11-7-19/h5-16H,4,17H2,1-3H3,(H,28,32)(H,30,31). The number of ether oxygens (including phenoxy) is 4. The van der Waals surface area contributed by atoms with Crippen LogP contribution in [0.4, 0.5) is 0 Å². The van der Waals surface area contributed by atoms with Crippen molar-refractivity contribution in [2.24, 2.45) is 5.10 Å². The molecule has 2 N–H and O–H groups in total. The molecule has 192 valence electrons. The minimum atomic E-state index is -0.549. The van der Waals surface area contributed by atoms with Crippen LogP contribution >= 0.6 is 0 Å². The topological polar surface area (TPSA) is 125 Å². The van der Waals surface area contributed by atoms with E-state index in [1.165, 1.54) is 20.4 Å². The van der Waals surface area contributed by atoms with Gasteiger partial charge in [0.2, 0.25) is 0 Å². The predicted octanol–water partition coefficient (Wildman–Crippen LogP) is 3.20. The first-order valence-corrected chi connectivity index (χ1v) is 11.3. The van der Waals surface area contributed by atoms with Crippen LogP contribution in [0.3, 0.4) is 0 Å². The zero-order valence-electron chi connectivity index (χ0n) is 20.6. The highest BCUT2D eigenvalue weighted by Crippen LogP contribution is 2.28. The highest BCUT2D eigenvalue weighted by molar-refractivity contribution is 5.96. The maximum Gasteiger partial charge on any atom is 0.343 e. The minimum Gasteiger partial charge on any atom is -0.497 e. The van der Waals surface area contributed by atoms with Gasteiger partial charge in [-0.15, -0.1) is 0 Å². The molecule has 37 heavy (non-hydrogen) atoms. The zero-order valence-corrected chi connectivity index (χ0v) is 20.6. The molecule has 0 atom stereocenters. The molecule has 10 heteroatoms. The molecule has 0 saturated carbocycles. The second-order valence-electron chi connectivity index (χ2n) is 7.46. The second kappa shape index (κ2) is 13.3. The van der Waals surface area contributed by atoms with Crippen LogP contribution in [0.1, 0.15) is 33.2 Å². The summed E-state index contributed by atoms with van der Waals surface area (Å²) in [6.07, 6.45) is 1.39. The van der Waals surface area contributed by atoms with Crippen molar-refractivity contribution in [2.45, 2.75) is 6.92 Å². The summed E-state index contributed by atoms with van der Waals surface area (Å²) in [5, 5.41) is 6.39. The second-order valence-corrected chi connectivity index (χ2v) is 7.46. The average Bonchev–Trinajstić information content (AvgIpc) is 2.93. The Morgan fingerprint density at radius 2 is 1.51 bits per heavy atom. The Morgan fingerprint density at radius 1 is 0.838 bits per heavy atom. The van der Waals surface area contributed by atoms with Gasteiger partial charge in [0.15, 0.2) is 11.5 Å². The van der Waals surface area contributed by atoms with Crippen LogP contribution in [-0.4, -0.2) is 51.4 Å². The molecule has 0 aromatic heterocycles. The maximum atomic E-state index is 12.5. The van der Waals surface area contributed by atoms with Crippen LogP contribution < -0.4 is 29.7 Å². The Balaban J connectivity index is 1.52. The Bertz CT molecular complexity index is 1260. The van der Waals surface area contributed by atoms with E-state index in [4.69, 9.17) is 18.9 Å². The van der Waals surface area contributed by atoms with Gasteiger partial charge in [-0.25, -0.2) is 10.2 Å². The Labute approximate surface area is 214 Å². The van der Waals surface area contributed by atoms with Crippen molar-refractivity contribution in [3.63, 3.8) is 0 Å². The molecule has 0 aliphatic heterocycles. The quantitative estimate of drug-likeness (QED) is 0.177. The molecule has 0 fully saturated rings. The van der Waals surface area contributed by atoms with E-state index in [2.05, 4.69) is 15.8 Å². The van der Waals surface area contributed by atoms with Gasteiger partial charge in [0.25, 0.3) is 11.8 Å². The number of hydrogen-bond acceptors (Lipinski definition) is 8. The molecule has 3 rings (SSSR count). The fourth-order valence-corrected chi connectivity index (χ4v) is 3.08. The van der Waals surface area contributed by atoms with Gasteiger partial charge in [-0.1, -0.05) is 0 Å². The van der Waals surface area contributed by atoms with Crippen molar-refractivity contribution in [3.05, 3.63) is 83.4 Å². The molecule has 0 aliphatic rings. The monoisotopic (exact) mass is 505 g/mol. The number of nitrogens with zero attached hydrogens (tertiary/aromatic N) is 1. The molecule has 0 aliphatic carbocycles. The first-order chi connectivity index (χ1) is 17.9.